The van der Waals surface area contributed by atoms with E-state index >= 15 is 0 Å². The Morgan fingerprint density at radius 3 is 2.57 bits per heavy atom. The largest absolute Gasteiger partial charge is 0.464 e. The summed E-state index contributed by atoms with van der Waals surface area (Å²) in [6.07, 6.45) is 0. The van der Waals surface area contributed by atoms with Gasteiger partial charge in [0.2, 0.25) is 0 Å². The van der Waals surface area contributed by atoms with Crippen molar-refractivity contribution in [1.29, 1.82) is 0 Å². The fourth-order valence-corrected chi connectivity index (χ4v) is 1.04. The fourth-order valence-electron chi connectivity index (χ4n) is 0.483. The van der Waals surface area contributed by atoms with E-state index in [0.29, 0.717) is 0 Å². The van der Waals surface area contributed by atoms with Crippen molar-refractivity contribution in [3.05, 3.63) is 0 Å². The predicted octanol–water partition coefficient (Wildman–Crippen LogP) is -0.665. The van der Waals surface area contributed by atoms with Crippen molar-refractivity contribution < 1.29 is 28.3 Å². The maximum Gasteiger partial charge on any atom is 0.417 e. The quantitative estimate of drug-likeness (QED) is 0.186. The minimum Gasteiger partial charge on any atom is -0.464 e. The summed E-state index contributed by atoms with van der Waals surface area (Å²) in [5.41, 5.74) is 0.0446. The molecule has 0 aromatic rings. The average molecular weight is 226 g/mol. The highest BCUT2D eigenvalue weighted by atomic mass is 31.2. The summed E-state index contributed by atoms with van der Waals surface area (Å²) >= 11 is 0. The number of hydrazine groups is 1. The molecule has 0 bridgehead atoms. The van der Waals surface area contributed by atoms with E-state index in [2.05, 4.69) is 15.1 Å². The normalized spacial score (nSPS) is 14.2. The van der Waals surface area contributed by atoms with Crippen molar-refractivity contribution >= 4 is 19.2 Å². The molecule has 82 valence electrons. The summed E-state index contributed by atoms with van der Waals surface area (Å²) in [6.45, 7) is 0.888. The molecule has 14 heavy (non-hydrogen) atoms. The number of amides is 1. The summed E-state index contributed by atoms with van der Waals surface area (Å²) in [5, 5.41) is 0. The smallest absolute Gasteiger partial charge is 0.417 e. The van der Waals surface area contributed by atoms with Gasteiger partial charge in [0.05, 0.1) is 6.61 Å². The van der Waals surface area contributed by atoms with E-state index < -0.39 is 25.8 Å². The summed E-state index contributed by atoms with van der Waals surface area (Å²) in [7, 11) is -4.54. The van der Waals surface area contributed by atoms with Crippen molar-refractivity contribution in [3.63, 3.8) is 0 Å². The van der Waals surface area contributed by atoms with Crippen molar-refractivity contribution in [2.75, 3.05) is 13.2 Å². The molecule has 0 rings (SSSR count). The molecular formula is C5H11N2O6P. The van der Waals surface area contributed by atoms with E-state index in [1.807, 2.05) is 0 Å². The highest BCUT2D eigenvalue weighted by Gasteiger charge is 2.30. The molecule has 0 aliphatic heterocycles. The Morgan fingerprint density at radius 1 is 1.57 bits per heavy atom. The van der Waals surface area contributed by atoms with Crippen LogP contribution in [0.15, 0.2) is 0 Å². The lowest BCUT2D eigenvalue weighted by molar-refractivity contribution is -0.145. The minimum absolute atomic E-state index is 0.112. The summed E-state index contributed by atoms with van der Waals surface area (Å²) in [4.78, 5) is 30.1. The summed E-state index contributed by atoms with van der Waals surface area (Å²) < 4.78 is 19.4. The second-order valence-electron chi connectivity index (χ2n) is 2.05. The van der Waals surface area contributed by atoms with Crippen LogP contribution in [0.4, 0.5) is 4.79 Å². The van der Waals surface area contributed by atoms with E-state index in [0.717, 1.165) is 0 Å². The molecule has 0 aliphatic rings. The molecule has 9 heteroatoms. The third-order valence-electron chi connectivity index (χ3n) is 1.04. The number of hydrogen-bond donors (Lipinski definition) is 3. The number of carbonyl (C=O) groups is 2. The molecule has 0 aliphatic carbocycles. The van der Waals surface area contributed by atoms with Crippen LogP contribution < -0.4 is 11.3 Å². The molecular weight excluding hydrogens is 215 g/mol. The van der Waals surface area contributed by atoms with E-state index in [-0.39, 0.29) is 6.61 Å². The second kappa shape index (κ2) is 5.71. The van der Waals surface area contributed by atoms with Gasteiger partial charge in [0, 0.05) is 0 Å². The molecule has 0 saturated heterocycles. The Bertz CT molecular complexity index is 267. The van der Waals surface area contributed by atoms with Crippen molar-refractivity contribution in [2.45, 2.75) is 6.92 Å². The summed E-state index contributed by atoms with van der Waals surface area (Å²) in [5.74, 6) is 3.75. The van der Waals surface area contributed by atoms with E-state index in [1.165, 1.54) is 5.43 Å². The Balaban J connectivity index is 4.06. The van der Waals surface area contributed by atoms with Crippen molar-refractivity contribution in [3.8, 4) is 0 Å². The van der Waals surface area contributed by atoms with Gasteiger partial charge in [0.15, 0.2) is 6.61 Å². The van der Waals surface area contributed by atoms with Gasteiger partial charge in [-0.05, 0) is 6.92 Å². The molecule has 0 spiro atoms. The Kier molecular flexibility index (Phi) is 5.32. The molecule has 0 saturated carbocycles. The zero-order valence-corrected chi connectivity index (χ0v) is 8.32. The molecule has 1 atom stereocenters. The maximum absolute atomic E-state index is 10.9. The van der Waals surface area contributed by atoms with Crippen molar-refractivity contribution in [1.82, 2.24) is 5.43 Å². The molecule has 8 nitrogen and oxygen atoms in total. The molecule has 0 radical (unpaired) electrons. The first kappa shape index (κ1) is 13.1. The van der Waals surface area contributed by atoms with Crippen LogP contribution in [0.1, 0.15) is 6.92 Å². The van der Waals surface area contributed by atoms with Gasteiger partial charge in [0.1, 0.15) is 0 Å². The van der Waals surface area contributed by atoms with Gasteiger partial charge in [-0.3, -0.25) is 14.7 Å². The lowest BCUT2D eigenvalue weighted by Crippen LogP contribution is -2.29. The van der Waals surface area contributed by atoms with Crippen LogP contribution in [-0.4, -0.2) is 29.7 Å². The number of carbonyl (C=O) groups excluding carboxylic acids is 2. The van der Waals surface area contributed by atoms with Gasteiger partial charge >= 0.3 is 19.2 Å². The monoisotopic (exact) mass is 226 g/mol. The van der Waals surface area contributed by atoms with Crippen LogP contribution >= 0.6 is 7.60 Å². The van der Waals surface area contributed by atoms with Gasteiger partial charge in [0.25, 0.3) is 0 Å². The number of nitrogens with one attached hydrogen (secondary N) is 1. The zero-order valence-electron chi connectivity index (χ0n) is 7.43. The lowest BCUT2D eigenvalue weighted by Gasteiger charge is -2.08. The van der Waals surface area contributed by atoms with E-state index in [9.17, 15) is 14.2 Å². The fraction of sp³-hybridized carbons (Fsp3) is 0.600. The number of nitrogens with two attached hydrogens (primary N) is 1. The van der Waals surface area contributed by atoms with Gasteiger partial charge in [-0.1, -0.05) is 0 Å². The average Bonchev–Trinajstić information content (AvgIpc) is 2.14. The first-order valence-corrected chi connectivity index (χ1v) is 5.16. The van der Waals surface area contributed by atoms with Crippen LogP contribution in [0, 0.1) is 0 Å². The van der Waals surface area contributed by atoms with Crippen molar-refractivity contribution in [2.24, 2.45) is 5.84 Å². The van der Waals surface area contributed by atoms with Gasteiger partial charge < -0.3 is 9.63 Å². The van der Waals surface area contributed by atoms with Crippen LogP contribution in [0.25, 0.3) is 0 Å². The molecule has 0 heterocycles. The zero-order chi connectivity index (χ0) is 11.2. The Morgan fingerprint density at radius 2 is 2.14 bits per heavy atom. The van der Waals surface area contributed by atoms with E-state index in [1.54, 1.807) is 6.92 Å². The molecule has 1 amide bonds. The summed E-state index contributed by atoms with van der Waals surface area (Å²) in [6, 6.07) is 0. The molecule has 0 aromatic carbocycles. The first-order chi connectivity index (χ1) is 6.44. The Hall–Kier alpha value is -0.950. The first-order valence-electron chi connectivity index (χ1n) is 3.58. The standard InChI is InChI=1S/C5H11N2O6P/c1-2-12-4(8)3-13-14(10,11)5(9)7-6/h2-3,6H2,1H3,(H,7,9)(H,10,11). The second-order valence-corrected chi connectivity index (χ2v) is 3.75. The number of rotatable bonds is 5. The number of esters is 1. The van der Waals surface area contributed by atoms with Gasteiger partial charge in [-0.15, -0.1) is 0 Å². The topological polar surface area (TPSA) is 128 Å². The van der Waals surface area contributed by atoms with E-state index in [4.69, 9.17) is 4.89 Å². The third kappa shape index (κ3) is 4.33. The maximum atomic E-state index is 10.9. The third-order valence-corrected chi connectivity index (χ3v) is 2.16. The Labute approximate surface area is 79.9 Å². The molecule has 0 aromatic heterocycles. The predicted molar refractivity (Wildman–Crippen MR) is 45.1 cm³/mol. The van der Waals surface area contributed by atoms with Gasteiger partial charge in [-0.25, -0.2) is 15.2 Å². The molecule has 4 N–H and O–H groups in total. The molecule has 0 fully saturated rings. The SMILES string of the molecule is CCOC(=O)COP(=O)(O)C(=O)NN. The van der Waals surface area contributed by atoms with Gasteiger partial charge in [-0.2, -0.15) is 0 Å². The number of hydrogen-bond acceptors (Lipinski definition) is 6. The highest BCUT2D eigenvalue weighted by Crippen LogP contribution is 2.41. The minimum atomic E-state index is -4.54. The van der Waals surface area contributed by atoms with Crippen LogP contribution in [0.3, 0.4) is 0 Å². The van der Waals surface area contributed by atoms with Crippen LogP contribution in [0.5, 0.6) is 0 Å². The van der Waals surface area contributed by atoms with Crippen LogP contribution in [-0.2, 0) is 18.6 Å². The lowest BCUT2D eigenvalue weighted by atomic mass is 10.7. The molecule has 1 unspecified atom stereocenters. The van der Waals surface area contributed by atoms with Crippen LogP contribution in [0.2, 0.25) is 0 Å². The number of ether oxygens (including phenoxy) is 1. The highest BCUT2D eigenvalue weighted by molar-refractivity contribution is 7.70.